The molecule has 2 aliphatic rings. The van der Waals surface area contributed by atoms with Gasteiger partial charge in [-0.1, -0.05) is 12.1 Å². The van der Waals surface area contributed by atoms with Crippen molar-refractivity contribution in [2.75, 3.05) is 18.0 Å². The van der Waals surface area contributed by atoms with Gasteiger partial charge in [0.05, 0.1) is 35.9 Å². The topological polar surface area (TPSA) is 79.3 Å². The highest BCUT2D eigenvalue weighted by Gasteiger charge is 2.25. The second-order valence-corrected chi connectivity index (χ2v) is 8.27. The Morgan fingerprint density at radius 3 is 2.60 bits per heavy atom. The van der Waals surface area contributed by atoms with Crippen molar-refractivity contribution in [3.8, 4) is 11.1 Å². The summed E-state index contributed by atoms with van der Waals surface area (Å²) in [7, 11) is 0. The lowest BCUT2D eigenvalue weighted by Crippen LogP contribution is -2.45. The lowest BCUT2D eigenvalue weighted by molar-refractivity contribution is -0.00546. The molecule has 7 heteroatoms. The van der Waals surface area contributed by atoms with Crippen molar-refractivity contribution in [3.05, 3.63) is 58.8 Å². The summed E-state index contributed by atoms with van der Waals surface area (Å²) in [5, 5.41) is 7.43. The average molecular weight is 403 g/mol. The zero-order chi connectivity index (χ0) is 20.8. The smallest absolute Gasteiger partial charge is 0.132 e. The summed E-state index contributed by atoms with van der Waals surface area (Å²) in [5.41, 5.74) is 8.54. The number of aryl methyl sites for hydroxylation is 2. The molecule has 2 aromatic heterocycles. The molecular weight excluding hydrogens is 376 g/mol. The first kappa shape index (κ1) is 18.9. The Morgan fingerprint density at radius 2 is 1.87 bits per heavy atom. The minimum Gasteiger partial charge on any atom is -0.372 e. The summed E-state index contributed by atoms with van der Waals surface area (Å²) in [6.07, 6.45) is 2.01. The summed E-state index contributed by atoms with van der Waals surface area (Å²) in [5.74, 6) is 0.927. The average Bonchev–Trinajstić information content (AvgIpc) is 3.29. The number of H-pyrrole nitrogens is 1. The molecule has 3 aromatic rings. The van der Waals surface area contributed by atoms with E-state index < -0.39 is 0 Å². The van der Waals surface area contributed by atoms with E-state index in [1.165, 1.54) is 5.56 Å². The number of anilines is 1. The molecule has 0 spiro atoms. The Bertz CT molecular complexity index is 1100. The number of rotatable bonds is 3. The van der Waals surface area contributed by atoms with Crippen LogP contribution in [0, 0.1) is 13.8 Å². The third kappa shape index (κ3) is 3.29. The van der Waals surface area contributed by atoms with E-state index in [-0.39, 0.29) is 12.2 Å². The molecule has 7 nitrogen and oxygen atoms in total. The van der Waals surface area contributed by atoms with Crippen LogP contribution < -0.4 is 4.90 Å². The summed E-state index contributed by atoms with van der Waals surface area (Å²) >= 11 is 0. The second kappa shape index (κ2) is 7.32. The van der Waals surface area contributed by atoms with Crippen molar-refractivity contribution in [2.45, 2.75) is 46.4 Å². The molecule has 2 atom stereocenters. The predicted molar refractivity (Wildman–Crippen MR) is 117 cm³/mol. The molecule has 1 aromatic carbocycles. The normalized spacial score (nSPS) is 20.9. The molecule has 154 valence electrons. The van der Waals surface area contributed by atoms with Gasteiger partial charge in [0, 0.05) is 36.0 Å². The number of nitrogens with zero attached hydrogens (tertiary/aromatic N) is 5. The number of aromatic amines is 1. The first-order valence-corrected chi connectivity index (χ1v) is 10.4. The Hall–Kier alpha value is -3.06. The summed E-state index contributed by atoms with van der Waals surface area (Å²) in [6, 6.07) is 8.59. The van der Waals surface area contributed by atoms with Crippen LogP contribution in [0.25, 0.3) is 11.1 Å². The Labute approximate surface area is 176 Å². The van der Waals surface area contributed by atoms with Crippen LogP contribution in [0.4, 0.5) is 5.82 Å². The zero-order valence-electron chi connectivity index (χ0n) is 17.8. The monoisotopic (exact) mass is 402 g/mol. The maximum absolute atomic E-state index is 5.87. The predicted octanol–water partition coefficient (Wildman–Crippen LogP) is 3.45. The number of hydrogen-bond acceptors (Lipinski definition) is 6. The highest BCUT2D eigenvalue weighted by Crippen LogP contribution is 2.31. The zero-order valence-corrected chi connectivity index (χ0v) is 17.8. The van der Waals surface area contributed by atoms with Gasteiger partial charge in [-0.2, -0.15) is 5.10 Å². The van der Waals surface area contributed by atoms with Gasteiger partial charge in [-0.15, -0.1) is 0 Å². The van der Waals surface area contributed by atoms with Crippen molar-refractivity contribution in [1.82, 2.24) is 20.2 Å². The minimum absolute atomic E-state index is 0.181. The fraction of sp³-hybridized carbons (Fsp3) is 0.391. The van der Waals surface area contributed by atoms with Crippen LogP contribution in [-0.2, 0) is 11.3 Å². The molecule has 30 heavy (non-hydrogen) atoms. The molecule has 5 rings (SSSR count). The molecule has 0 unspecified atom stereocenters. The maximum atomic E-state index is 5.87. The molecule has 1 N–H and O–H groups in total. The van der Waals surface area contributed by atoms with Crippen molar-refractivity contribution < 1.29 is 4.74 Å². The molecular formula is C23H26N6O. The van der Waals surface area contributed by atoms with Gasteiger partial charge in [-0.05, 0) is 44.9 Å². The Morgan fingerprint density at radius 1 is 1.07 bits per heavy atom. The van der Waals surface area contributed by atoms with Crippen molar-refractivity contribution in [3.63, 3.8) is 0 Å². The molecule has 4 heterocycles. The molecule has 1 fully saturated rings. The van der Waals surface area contributed by atoms with Crippen LogP contribution in [-0.4, -0.2) is 51.2 Å². The molecule has 2 aliphatic heterocycles. The van der Waals surface area contributed by atoms with Gasteiger partial charge in [0.2, 0.25) is 0 Å². The SMILES string of the molecule is Cc1n[nH]c(C)c1-c1ccc2c(c1)C(c1cc(N3C[C@@H](C)O[C@@H](C)C3)ncn1)=NC2. The molecule has 0 amide bonds. The lowest BCUT2D eigenvalue weighted by Gasteiger charge is -2.36. The van der Waals surface area contributed by atoms with Crippen LogP contribution in [0.3, 0.4) is 0 Å². The first-order chi connectivity index (χ1) is 14.5. The van der Waals surface area contributed by atoms with E-state index in [0.717, 1.165) is 58.4 Å². The number of morpholine rings is 1. The Kier molecular flexibility index (Phi) is 4.62. The molecule has 0 bridgehead atoms. The van der Waals surface area contributed by atoms with Gasteiger partial charge in [0.15, 0.2) is 0 Å². The highest BCUT2D eigenvalue weighted by molar-refractivity contribution is 6.14. The van der Waals surface area contributed by atoms with Gasteiger partial charge in [-0.25, -0.2) is 9.97 Å². The van der Waals surface area contributed by atoms with E-state index in [1.807, 2.05) is 6.92 Å². The summed E-state index contributed by atoms with van der Waals surface area (Å²) in [6.45, 7) is 10.6. The van der Waals surface area contributed by atoms with Crippen molar-refractivity contribution in [2.24, 2.45) is 4.99 Å². The van der Waals surface area contributed by atoms with Crippen LogP contribution in [0.1, 0.15) is 42.1 Å². The number of nitrogens with one attached hydrogen (secondary N) is 1. The highest BCUT2D eigenvalue weighted by atomic mass is 16.5. The fourth-order valence-corrected chi connectivity index (χ4v) is 4.55. The Balaban J connectivity index is 1.50. The molecule has 0 saturated carbocycles. The van der Waals surface area contributed by atoms with Crippen LogP contribution in [0.2, 0.25) is 0 Å². The number of aromatic nitrogens is 4. The minimum atomic E-state index is 0.181. The van der Waals surface area contributed by atoms with E-state index in [4.69, 9.17) is 9.73 Å². The van der Waals surface area contributed by atoms with Gasteiger partial charge in [-0.3, -0.25) is 10.1 Å². The number of ether oxygens (including phenoxy) is 1. The van der Waals surface area contributed by atoms with E-state index in [9.17, 15) is 0 Å². The number of benzene rings is 1. The quantitative estimate of drug-likeness (QED) is 0.726. The standard InChI is InChI=1S/C23H26N6O/c1-13-10-29(11-14(2)30-13)21-8-20(25-12-26-21)23-19-7-17(5-6-18(19)9-24-23)22-15(3)27-28-16(22)4/h5-8,12-14H,9-11H2,1-4H3,(H,27,28)/t13-,14+. The van der Waals surface area contributed by atoms with Gasteiger partial charge in [0.1, 0.15) is 12.1 Å². The molecule has 0 radical (unpaired) electrons. The fourth-order valence-electron chi connectivity index (χ4n) is 4.55. The third-order valence-electron chi connectivity index (χ3n) is 5.83. The number of hydrogen-bond donors (Lipinski definition) is 1. The molecule has 0 aliphatic carbocycles. The van der Waals surface area contributed by atoms with Crippen molar-refractivity contribution >= 4 is 11.5 Å². The van der Waals surface area contributed by atoms with Crippen LogP contribution >= 0.6 is 0 Å². The van der Waals surface area contributed by atoms with E-state index in [2.05, 4.69) is 70.1 Å². The second-order valence-electron chi connectivity index (χ2n) is 8.27. The van der Waals surface area contributed by atoms with E-state index in [0.29, 0.717) is 6.54 Å². The largest absolute Gasteiger partial charge is 0.372 e. The lowest BCUT2D eigenvalue weighted by atomic mass is 9.96. The van der Waals surface area contributed by atoms with Crippen LogP contribution in [0.15, 0.2) is 35.6 Å². The molecule has 1 saturated heterocycles. The first-order valence-electron chi connectivity index (χ1n) is 10.4. The van der Waals surface area contributed by atoms with Crippen molar-refractivity contribution in [1.29, 1.82) is 0 Å². The van der Waals surface area contributed by atoms with Crippen LogP contribution in [0.5, 0.6) is 0 Å². The summed E-state index contributed by atoms with van der Waals surface area (Å²) < 4.78 is 5.87. The van der Waals surface area contributed by atoms with Gasteiger partial charge >= 0.3 is 0 Å². The van der Waals surface area contributed by atoms with Gasteiger partial charge < -0.3 is 9.64 Å². The van der Waals surface area contributed by atoms with E-state index in [1.54, 1.807) is 6.33 Å². The van der Waals surface area contributed by atoms with Gasteiger partial charge in [0.25, 0.3) is 0 Å². The third-order valence-corrected chi connectivity index (χ3v) is 5.83. The maximum Gasteiger partial charge on any atom is 0.132 e. The number of fused-ring (bicyclic) bond motifs is 1. The summed E-state index contributed by atoms with van der Waals surface area (Å²) in [4.78, 5) is 16.2. The number of aliphatic imine (C=N–C) groups is 1. The van der Waals surface area contributed by atoms with E-state index >= 15 is 0 Å².